The molecule has 2 heterocycles. The Hall–Kier alpha value is -2.38. The number of nitrogens with one attached hydrogen (secondary N) is 3. The number of aryl methyl sites for hydroxylation is 1. The van der Waals surface area contributed by atoms with Gasteiger partial charge in [-0.15, -0.1) is 0 Å². The number of carbonyl (C=O) groups excluding carboxylic acids is 2. The van der Waals surface area contributed by atoms with Gasteiger partial charge < -0.3 is 16.0 Å². The second-order valence-corrected chi connectivity index (χ2v) is 6.49. The Kier molecular flexibility index (Phi) is 5.06. The lowest BCUT2D eigenvalue weighted by molar-refractivity contribution is -0.119. The summed E-state index contributed by atoms with van der Waals surface area (Å²) < 4.78 is 1.74. The molecule has 3 N–H and O–H groups in total. The molecule has 0 aliphatic carbocycles. The van der Waals surface area contributed by atoms with Gasteiger partial charge in [0.15, 0.2) is 0 Å². The fraction of sp³-hybridized carbons (Fsp3) is 0.353. The molecule has 0 saturated carbocycles. The first-order chi connectivity index (χ1) is 12.0. The summed E-state index contributed by atoms with van der Waals surface area (Å²) in [7, 11) is 3.40. The fourth-order valence-corrected chi connectivity index (χ4v) is 3.35. The fourth-order valence-electron chi connectivity index (χ4n) is 3.08. The van der Waals surface area contributed by atoms with Crippen molar-refractivity contribution in [2.45, 2.75) is 5.92 Å². The predicted octanol–water partition coefficient (Wildman–Crippen LogP) is 1.37. The van der Waals surface area contributed by atoms with Crippen molar-refractivity contribution < 1.29 is 9.59 Å². The highest BCUT2D eigenvalue weighted by molar-refractivity contribution is 6.34. The lowest BCUT2D eigenvalue weighted by Crippen LogP contribution is -2.28. The summed E-state index contributed by atoms with van der Waals surface area (Å²) in [4.78, 5) is 24.4. The number of amides is 2. The molecule has 1 aliphatic heterocycles. The molecule has 1 saturated heterocycles. The Balaban J connectivity index is 1.73. The molecule has 0 spiro atoms. The molecule has 1 aromatic heterocycles. The maximum atomic E-state index is 12.7. The van der Waals surface area contributed by atoms with Gasteiger partial charge in [-0.2, -0.15) is 5.10 Å². The molecule has 1 aliphatic rings. The van der Waals surface area contributed by atoms with E-state index in [9.17, 15) is 9.59 Å². The summed E-state index contributed by atoms with van der Waals surface area (Å²) in [5.41, 5.74) is 1.98. The minimum atomic E-state index is -0.264. The van der Waals surface area contributed by atoms with Crippen molar-refractivity contribution in [3.8, 4) is 0 Å². The normalized spacial score (nSPS) is 19.6. The highest BCUT2D eigenvalue weighted by Crippen LogP contribution is 2.29. The van der Waals surface area contributed by atoms with E-state index >= 15 is 0 Å². The van der Waals surface area contributed by atoms with Crippen LogP contribution in [0.2, 0.25) is 5.02 Å². The lowest BCUT2D eigenvalue weighted by Gasteiger charge is -2.17. The van der Waals surface area contributed by atoms with Crippen LogP contribution in [0.15, 0.2) is 30.6 Å². The van der Waals surface area contributed by atoms with Gasteiger partial charge >= 0.3 is 0 Å². The highest BCUT2D eigenvalue weighted by Gasteiger charge is 2.34. The largest absolute Gasteiger partial charge is 0.355 e. The van der Waals surface area contributed by atoms with Gasteiger partial charge in [-0.25, -0.2) is 0 Å². The van der Waals surface area contributed by atoms with Gasteiger partial charge in [0.2, 0.25) is 5.91 Å². The van der Waals surface area contributed by atoms with Crippen molar-refractivity contribution in [1.29, 1.82) is 0 Å². The van der Waals surface area contributed by atoms with Gasteiger partial charge in [-0.1, -0.05) is 11.6 Å². The average Bonchev–Trinajstić information content (AvgIpc) is 3.22. The van der Waals surface area contributed by atoms with Crippen LogP contribution in [-0.4, -0.2) is 41.7 Å². The number of halogens is 1. The Morgan fingerprint density at radius 1 is 1.36 bits per heavy atom. The molecular weight excluding hydrogens is 342 g/mol. The molecule has 0 bridgehead atoms. The first kappa shape index (κ1) is 17.4. The zero-order valence-electron chi connectivity index (χ0n) is 14.0. The molecule has 8 heteroatoms. The second kappa shape index (κ2) is 7.25. The number of rotatable bonds is 4. The summed E-state index contributed by atoms with van der Waals surface area (Å²) in [6.45, 7) is 1.34. The number of hydrogen-bond acceptors (Lipinski definition) is 4. The van der Waals surface area contributed by atoms with Crippen molar-refractivity contribution >= 4 is 29.1 Å². The van der Waals surface area contributed by atoms with Crippen molar-refractivity contribution in [1.82, 2.24) is 20.4 Å². The van der Waals surface area contributed by atoms with E-state index in [0.717, 1.165) is 12.1 Å². The van der Waals surface area contributed by atoms with E-state index in [-0.39, 0.29) is 23.7 Å². The third-order valence-electron chi connectivity index (χ3n) is 4.41. The van der Waals surface area contributed by atoms with Crippen LogP contribution >= 0.6 is 11.6 Å². The minimum Gasteiger partial charge on any atom is -0.355 e. The molecule has 25 heavy (non-hydrogen) atoms. The van der Waals surface area contributed by atoms with Crippen molar-refractivity contribution in [3.05, 3.63) is 46.7 Å². The summed E-state index contributed by atoms with van der Waals surface area (Å²) in [6.07, 6.45) is 3.74. The quantitative estimate of drug-likeness (QED) is 0.767. The van der Waals surface area contributed by atoms with E-state index in [1.165, 1.54) is 0 Å². The molecule has 2 amide bonds. The number of nitrogens with zero attached hydrogens (tertiary/aromatic N) is 2. The second-order valence-electron chi connectivity index (χ2n) is 6.08. The van der Waals surface area contributed by atoms with E-state index in [0.29, 0.717) is 22.8 Å². The van der Waals surface area contributed by atoms with Crippen LogP contribution in [0.1, 0.15) is 21.8 Å². The number of hydrogen-bond donors (Lipinski definition) is 3. The monoisotopic (exact) mass is 361 g/mol. The van der Waals surface area contributed by atoms with Crippen LogP contribution in [0.25, 0.3) is 0 Å². The van der Waals surface area contributed by atoms with Crippen LogP contribution in [-0.2, 0) is 11.8 Å². The standard InChI is InChI=1S/C17H20ClN5O2/c1-19-16(24)12-4-3-11(5-15(12)18)22-17(25)14-8-20-7-13(14)10-6-21-23(2)9-10/h3-6,9,13-14,20H,7-8H2,1-2H3,(H,19,24)(H,22,25)/t13-,14+/m1/s1. The first-order valence-electron chi connectivity index (χ1n) is 8.01. The SMILES string of the molecule is CNC(=O)c1ccc(NC(=O)[C@H]2CNC[C@@H]2c2cnn(C)c2)cc1Cl. The molecule has 3 rings (SSSR count). The van der Waals surface area contributed by atoms with Gasteiger partial charge in [0.1, 0.15) is 0 Å². The summed E-state index contributed by atoms with van der Waals surface area (Å²) in [6, 6.07) is 4.86. The van der Waals surface area contributed by atoms with Crippen LogP contribution in [0, 0.1) is 5.92 Å². The molecule has 1 fully saturated rings. The van der Waals surface area contributed by atoms with Gasteiger partial charge in [0, 0.05) is 45.0 Å². The molecule has 2 atom stereocenters. The maximum Gasteiger partial charge on any atom is 0.252 e. The van der Waals surface area contributed by atoms with Crippen molar-refractivity contribution in [3.63, 3.8) is 0 Å². The van der Waals surface area contributed by atoms with E-state index in [2.05, 4.69) is 21.0 Å². The molecule has 1 aromatic carbocycles. The zero-order valence-corrected chi connectivity index (χ0v) is 14.8. The van der Waals surface area contributed by atoms with Crippen molar-refractivity contribution in [2.75, 3.05) is 25.5 Å². The van der Waals surface area contributed by atoms with Crippen LogP contribution < -0.4 is 16.0 Å². The van der Waals surface area contributed by atoms with E-state index < -0.39 is 0 Å². The number of carbonyl (C=O) groups is 2. The number of benzene rings is 1. The molecule has 2 aromatic rings. The Morgan fingerprint density at radius 2 is 2.16 bits per heavy atom. The minimum absolute atomic E-state index is 0.0781. The number of aromatic nitrogens is 2. The summed E-state index contributed by atoms with van der Waals surface area (Å²) >= 11 is 6.14. The van der Waals surface area contributed by atoms with E-state index in [4.69, 9.17) is 11.6 Å². The Bertz CT molecular complexity index is 804. The molecule has 132 valence electrons. The number of anilines is 1. The zero-order chi connectivity index (χ0) is 18.0. The predicted molar refractivity (Wildman–Crippen MR) is 95.8 cm³/mol. The third kappa shape index (κ3) is 3.67. The van der Waals surface area contributed by atoms with Crippen LogP contribution in [0.5, 0.6) is 0 Å². The highest BCUT2D eigenvalue weighted by atomic mass is 35.5. The third-order valence-corrected chi connectivity index (χ3v) is 4.72. The van der Waals surface area contributed by atoms with E-state index in [1.54, 1.807) is 36.1 Å². The van der Waals surface area contributed by atoms with Gasteiger partial charge in [0.25, 0.3) is 5.91 Å². The van der Waals surface area contributed by atoms with Gasteiger partial charge in [-0.3, -0.25) is 14.3 Å². The van der Waals surface area contributed by atoms with E-state index in [1.807, 2.05) is 13.2 Å². The van der Waals surface area contributed by atoms with Crippen LogP contribution in [0.4, 0.5) is 5.69 Å². The Labute approximate surface area is 150 Å². The molecular formula is C17H20ClN5O2. The lowest BCUT2D eigenvalue weighted by atomic mass is 9.90. The molecule has 0 radical (unpaired) electrons. The first-order valence-corrected chi connectivity index (χ1v) is 8.39. The summed E-state index contributed by atoms with van der Waals surface area (Å²) in [5, 5.41) is 13.2. The average molecular weight is 362 g/mol. The maximum absolute atomic E-state index is 12.7. The smallest absolute Gasteiger partial charge is 0.252 e. The van der Waals surface area contributed by atoms with Gasteiger partial charge in [-0.05, 0) is 23.8 Å². The van der Waals surface area contributed by atoms with Crippen molar-refractivity contribution in [2.24, 2.45) is 13.0 Å². The van der Waals surface area contributed by atoms with Crippen LogP contribution in [0.3, 0.4) is 0 Å². The summed E-state index contributed by atoms with van der Waals surface area (Å²) in [5.74, 6) is -0.460. The topological polar surface area (TPSA) is 88.1 Å². The van der Waals surface area contributed by atoms with Gasteiger partial charge in [0.05, 0.1) is 22.7 Å². The molecule has 0 unspecified atom stereocenters. The molecule has 7 nitrogen and oxygen atoms in total. The Morgan fingerprint density at radius 3 is 2.80 bits per heavy atom.